The predicted octanol–water partition coefficient (Wildman–Crippen LogP) is 2.34. The number of rotatable bonds is 5. The molecule has 2 bridgehead atoms. The van der Waals surface area contributed by atoms with E-state index in [1.54, 1.807) is 0 Å². The Balaban J connectivity index is 2.05. The van der Waals surface area contributed by atoms with Crippen molar-refractivity contribution >= 4 is 24.5 Å². The maximum atomic E-state index is 12.2. The molecule has 3 aliphatic carbocycles. The fraction of sp³-hybridized carbons (Fsp3) is 0.867. The number of nitrogens with one attached hydrogen (secondary N) is 1. The zero-order valence-corrected chi connectivity index (χ0v) is 13.4. The van der Waals surface area contributed by atoms with Crippen LogP contribution in [0.3, 0.4) is 0 Å². The molecule has 3 rings (SSSR count). The number of fused-ring (bicyclic) bond motifs is 2. The maximum Gasteiger partial charge on any atom is 0.327 e. The highest BCUT2D eigenvalue weighted by Gasteiger charge is 2.64. The number of carboxylic acid groups (broad SMARTS) is 1. The van der Waals surface area contributed by atoms with Gasteiger partial charge in [-0.05, 0) is 41.9 Å². The summed E-state index contributed by atoms with van der Waals surface area (Å²) in [5, 5.41) is 11.6. The molecule has 0 radical (unpaired) electrons. The molecule has 0 saturated heterocycles. The average molecular weight is 299 g/mol. The first-order chi connectivity index (χ1) is 9.24. The molecule has 3 aliphatic rings. The number of carbonyl (C=O) groups is 2. The quantitative estimate of drug-likeness (QED) is 0.683. The van der Waals surface area contributed by atoms with Gasteiger partial charge in [0.15, 0.2) is 0 Å². The van der Waals surface area contributed by atoms with Crippen LogP contribution in [0.25, 0.3) is 0 Å². The number of amides is 1. The normalized spacial score (nSPS) is 35.8. The number of hydrogen-bond acceptors (Lipinski definition) is 3. The van der Waals surface area contributed by atoms with Gasteiger partial charge < -0.3 is 10.4 Å². The first kappa shape index (κ1) is 15.7. The third kappa shape index (κ3) is 2.24. The van der Waals surface area contributed by atoms with E-state index >= 15 is 0 Å². The summed E-state index contributed by atoms with van der Waals surface area (Å²) in [6, 6.07) is -0.889. The molecule has 3 fully saturated rings. The van der Waals surface area contributed by atoms with Gasteiger partial charge in [-0.1, -0.05) is 20.8 Å². The van der Waals surface area contributed by atoms with Crippen LogP contribution < -0.4 is 5.32 Å². The lowest BCUT2D eigenvalue weighted by molar-refractivity contribution is -0.200. The van der Waals surface area contributed by atoms with Crippen LogP contribution in [0.1, 0.15) is 46.5 Å². The summed E-state index contributed by atoms with van der Waals surface area (Å²) in [6.07, 6.45) is 3.98. The molecular formula is C15H25NO3S. The molecular weight excluding hydrogens is 274 g/mol. The summed E-state index contributed by atoms with van der Waals surface area (Å²) in [7, 11) is 0. The van der Waals surface area contributed by atoms with Crippen molar-refractivity contribution in [3.8, 4) is 0 Å². The Morgan fingerprint density at radius 2 is 2.05 bits per heavy atom. The Kier molecular flexibility index (Phi) is 4.11. The van der Waals surface area contributed by atoms with E-state index in [-0.39, 0.29) is 22.5 Å². The fourth-order valence-corrected chi connectivity index (χ4v) is 4.70. The third-order valence-corrected chi connectivity index (χ3v) is 6.46. The molecule has 1 amide bonds. The molecule has 4 nitrogen and oxygen atoms in total. The molecule has 0 aliphatic heterocycles. The van der Waals surface area contributed by atoms with Crippen LogP contribution in [0.15, 0.2) is 0 Å². The van der Waals surface area contributed by atoms with Gasteiger partial charge in [-0.25, -0.2) is 4.79 Å². The number of aliphatic carboxylic acids is 1. The minimum absolute atomic E-state index is 0.0413. The lowest BCUT2D eigenvalue weighted by Gasteiger charge is -2.68. The van der Waals surface area contributed by atoms with Gasteiger partial charge in [0.25, 0.3) is 0 Å². The van der Waals surface area contributed by atoms with Gasteiger partial charge in [0.1, 0.15) is 6.04 Å². The standard InChI is InChI=1S/C15H25NO3S/c1-9-4-5-10-6-15(9,14(10,2)3)7-12(17)16-11(8-20)13(18)19/h9-11,20H,4-8H2,1-3H3,(H,16,17)(H,18,19)/t9?,10?,11-,15?/m0/s1. The summed E-state index contributed by atoms with van der Waals surface area (Å²) in [5.41, 5.74) is 0.224. The van der Waals surface area contributed by atoms with Crippen molar-refractivity contribution in [1.82, 2.24) is 5.32 Å². The molecule has 2 N–H and O–H groups in total. The molecule has 3 saturated carbocycles. The Bertz CT molecular complexity index is 423. The van der Waals surface area contributed by atoms with Crippen LogP contribution in [0.5, 0.6) is 0 Å². The number of carbonyl (C=O) groups excluding carboxylic acids is 1. The fourth-order valence-electron chi connectivity index (χ4n) is 4.45. The minimum Gasteiger partial charge on any atom is -0.480 e. The number of hydrogen-bond donors (Lipinski definition) is 3. The first-order valence-corrected chi connectivity index (χ1v) is 8.01. The van der Waals surface area contributed by atoms with E-state index in [0.29, 0.717) is 18.3 Å². The van der Waals surface area contributed by atoms with Gasteiger partial charge in [-0.15, -0.1) is 0 Å². The van der Waals surface area contributed by atoms with Crippen LogP contribution >= 0.6 is 12.6 Å². The monoisotopic (exact) mass is 299 g/mol. The van der Waals surface area contributed by atoms with Crippen molar-refractivity contribution in [1.29, 1.82) is 0 Å². The molecule has 114 valence electrons. The van der Waals surface area contributed by atoms with Crippen molar-refractivity contribution in [2.75, 3.05) is 5.75 Å². The van der Waals surface area contributed by atoms with Gasteiger partial charge in [-0.3, -0.25) is 4.79 Å². The summed E-state index contributed by atoms with van der Waals surface area (Å²) in [6.45, 7) is 6.76. The lowest BCUT2D eigenvalue weighted by Crippen LogP contribution is -2.63. The van der Waals surface area contributed by atoms with Gasteiger partial charge in [0, 0.05) is 12.2 Å². The molecule has 20 heavy (non-hydrogen) atoms. The molecule has 0 aromatic heterocycles. The van der Waals surface area contributed by atoms with Gasteiger partial charge >= 0.3 is 5.97 Å². The van der Waals surface area contributed by atoms with Crippen LogP contribution in [0, 0.1) is 22.7 Å². The summed E-state index contributed by atoms with van der Waals surface area (Å²) in [4.78, 5) is 23.2. The summed E-state index contributed by atoms with van der Waals surface area (Å²) >= 11 is 3.98. The topological polar surface area (TPSA) is 66.4 Å². The number of carboxylic acids is 1. The largest absolute Gasteiger partial charge is 0.480 e. The third-order valence-electron chi connectivity index (χ3n) is 6.10. The summed E-state index contributed by atoms with van der Waals surface area (Å²) < 4.78 is 0. The number of thiol groups is 1. The van der Waals surface area contributed by atoms with Crippen molar-refractivity contribution < 1.29 is 14.7 Å². The molecule has 5 heteroatoms. The molecule has 0 spiro atoms. The smallest absolute Gasteiger partial charge is 0.327 e. The minimum atomic E-state index is -1.02. The highest BCUT2D eigenvalue weighted by molar-refractivity contribution is 7.80. The lowest BCUT2D eigenvalue weighted by atomic mass is 9.36. The Morgan fingerprint density at radius 1 is 1.40 bits per heavy atom. The van der Waals surface area contributed by atoms with Crippen molar-refractivity contribution in [3.63, 3.8) is 0 Å². The second-order valence-corrected chi connectivity index (χ2v) is 7.44. The zero-order valence-electron chi connectivity index (χ0n) is 12.5. The van der Waals surface area contributed by atoms with Crippen LogP contribution in [-0.2, 0) is 9.59 Å². The van der Waals surface area contributed by atoms with Crippen molar-refractivity contribution in [3.05, 3.63) is 0 Å². The van der Waals surface area contributed by atoms with E-state index < -0.39 is 12.0 Å². The average Bonchev–Trinajstić information content (AvgIpc) is 2.37. The highest BCUT2D eigenvalue weighted by Crippen LogP contribution is 2.71. The Hall–Kier alpha value is -0.710. The Morgan fingerprint density at radius 3 is 2.50 bits per heavy atom. The van der Waals surface area contributed by atoms with Crippen LogP contribution in [0.4, 0.5) is 0 Å². The van der Waals surface area contributed by atoms with E-state index in [4.69, 9.17) is 5.11 Å². The highest BCUT2D eigenvalue weighted by atomic mass is 32.1. The van der Waals surface area contributed by atoms with Gasteiger partial charge in [-0.2, -0.15) is 12.6 Å². The maximum absolute atomic E-state index is 12.2. The first-order valence-electron chi connectivity index (χ1n) is 7.37. The molecule has 4 atom stereocenters. The zero-order chi connectivity index (χ0) is 15.1. The van der Waals surface area contributed by atoms with Gasteiger partial charge in [0.2, 0.25) is 5.91 Å². The van der Waals surface area contributed by atoms with E-state index in [9.17, 15) is 9.59 Å². The second kappa shape index (κ2) is 5.24. The van der Waals surface area contributed by atoms with E-state index in [1.807, 2.05) is 0 Å². The molecule has 0 aromatic rings. The second-order valence-electron chi connectivity index (χ2n) is 7.07. The molecule has 0 aromatic carbocycles. The van der Waals surface area contributed by atoms with Crippen LogP contribution in [0.2, 0.25) is 0 Å². The van der Waals surface area contributed by atoms with Crippen molar-refractivity contribution in [2.24, 2.45) is 22.7 Å². The SMILES string of the molecule is CC1CCC2CC1(CC(=O)N[C@@H](CS)C(=O)O)C2(C)C. The Labute approximate surface area is 126 Å². The van der Waals surface area contributed by atoms with E-state index in [1.165, 1.54) is 12.8 Å². The van der Waals surface area contributed by atoms with E-state index in [2.05, 4.69) is 38.7 Å². The molecule has 3 unspecified atom stereocenters. The summed E-state index contributed by atoms with van der Waals surface area (Å²) in [5.74, 6) is 0.189. The predicted molar refractivity (Wildman–Crippen MR) is 80.8 cm³/mol. The van der Waals surface area contributed by atoms with Crippen LogP contribution in [-0.4, -0.2) is 28.8 Å². The van der Waals surface area contributed by atoms with E-state index in [0.717, 1.165) is 6.42 Å². The molecule has 0 heterocycles. The van der Waals surface area contributed by atoms with Gasteiger partial charge in [0.05, 0.1) is 0 Å². The van der Waals surface area contributed by atoms with Crippen molar-refractivity contribution in [2.45, 2.75) is 52.5 Å².